The minimum absolute atomic E-state index is 0.0845. The summed E-state index contributed by atoms with van der Waals surface area (Å²) in [6.45, 7) is 2.16. The molecule has 0 aromatic heterocycles. The maximum atomic E-state index is 12.8. The van der Waals surface area contributed by atoms with Crippen LogP contribution in [0.25, 0.3) is 0 Å². The van der Waals surface area contributed by atoms with E-state index in [1.807, 2.05) is 31.2 Å². The van der Waals surface area contributed by atoms with Gasteiger partial charge < -0.3 is 10.4 Å². The Morgan fingerprint density at radius 1 is 1.43 bits per heavy atom. The van der Waals surface area contributed by atoms with E-state index in [0.717, 1.165) is 37.7 Å². The maximum Gasteiger partial charge on any atom is 0.230 e. The van der Waals surface area contributed by atoms with Crippen LogP contribution in [0.1, 0.15) is 51.0 Å². The lowest BCUT2D eigenvalue weighted by Crippen LogP contribution is -2.46. The van der Waals surface area contributed by atoms with Crippen molar-refractivity contribution in [2.45, 2.75) is 56.9 Å². The lowest BCUT2D eigenvalue weighted by Gasteiger charge is -2.30. The summed E-state index contributed by atoms with van der Waals surface area (Å²) >= 11 is 6.10. The number of aliphatic hydroxyl groups is 1. The number of hydrogen-bond acceptors (Lipinski definition) is 2. The second-order valence-electron chi connectivity index (χ2n) is 6.04. The predicted octanol–water partition coefficient (Wildman–Crippen LogP) is 3.43. The number of amides is 1. The highest BCUT2D eigenvalue weighted by Crippen LogP contribution is 2.42. The fraction of sp³-hybridized carbons (Fsp3) is 0.588. The average Bonchev–Trinajstić information content (AvgIpc) is 2.96. The van der Waals surface area contributed by atoms with Crippen LogP contribution in [0.2, 0.25) is 5.02 Å². The summed E-state index contributed by atoms with van der Waals surface area (Å²) in [5.41, 5.74) is 0.595. The smallest absolute Gasteiger partial charge is 0.230 e. The molecule has 1 atom stereocenters. The molecule has 4 heteroatoms. The van der Waals surface area contributed by atoms with Crippen LogP contribution in [0.3, 0.4) is 0 Å². The lowest BCUT2D eigenvalue weighted by molar-refractivity contribution is -0.127. The van der Waals surface area contributed by atoms with Crippen molar-refractivity contribution in [1.82, 2.24) is 5.32 Å². The Balaban J connectivity index is 2.16. The van der Waals surface area contributed by atoms with E-state index in [0.29, 0.717) is 11.4 Å². The highest BCUT2D eigenvalue weighted by Gasteiger charge is 2.42. The Kier molecular flexibility index (Phi) is 5.65. The number of halogens is 1. The number of benzene rings is 1. The van der Waals surface area contributed by atoms with Crippen molar-refractivity contribution in [2.24, 2.45) is 0 Å². The van der Waals surface area contributed by atoms with Crippen LogP contribution in [0.15, 0.2) is 24.3 Å². The van der Waals surface area contributed by atoms with Gasteiger partial charge in [0.25, 0.3) is 0 Å². The summed E-state index contributed by atoms with van der Waals surface area (Å²) in [4.78, 5) is 12.8. The fourth-order valence-electron chi connectivity index (χ4n) is 3.24. The average molecular weight is 310 g/mol. The summed E-state index contributed by atoms with van der Waals surface area (Å²) in [6, 6.07) is 7.77. The van der Waals surface area contributed by atoms with Gasteiger partial charge in [0.1, 0.15) is 0 Å². The van der Waals surface area contributed by atoms with Crippen molar-refractivity contribution in [1.29, 1.82) is 0 Å². The van der Waals surface area contributed by atoms with Gasteiger partial charge in [-0.05, 0) is 50.3 Å². The van der Waals surface area contributed by atoms with Gasteiger partial charge in [0.2, 0.25) is 5.91 Å². The lowest BCUT2D eigenvalue weighted by atomic mass is 9.77. The number of carbonyl (C=O) groups excluding carboxylic acids is 1. The molecule has 1 fully saturated rings. The van der Waals surface area contributed by atoms with Crippen LogP contribution in [-0.2, 0) is 10.2 Å². The minimum Gasteiger partial charge on any atom is -0.396 e. The third-order valence-electron chi connectivity index (χ3n) is 4.44. The van der Waals surface area contributed by atoms with E-state index in [-0.39, 0.29) is 18.6 Å². The number of aliphatic hydroxyl groups excluding tert-OH is 1. The highest BCUT2D eigenvalue weighted by atomic mass is 35.5. The largest absolute Gasteiger partial charge is 0.396 e. The van der Waals surface area contributed by atoms with Gasteiger partial charge >= 0.3 is 0 Å². The van der Waals surface area contributed by atoms with E-state index in [1.165, 1.54) is 0 Å². The molecule has 21 heavy (non-hydrogen) atoms. The Bertz CT molecular complexity index is 483. The van der Waals surface area contributed by atoms with Crippen LogP contribution in [0.4, 0.5) is 0 Å². The summed E-state index contributed by atoms with van der Waals surface area (Å²) in [5.74, 6) is 0.104. The first kappa shape index (κ1) is 16.3. The van der Waals surface area contributed by atoms with Gasteiger partial charge in [0, 0.05) is 17.7 Å². The van der Waals surface area contributed by atoms with Gasteiger partial charge in [-0.1, -0.05) is 36.6 Å². The molecule has 0 bridgehead atoms. The molecule has 1 unspecified atom stereocenters. The molecule has 1 aromatic carbocycles. The molecule has 1 aliphatic rings. The Labute approximate surface area is 131 Å². The van der Waals surface area contributed by atoms with E-state index in [4.69, 9.17) is 16.7 Å². The molecule has 2 rings (SSSR count). The van der Waals surface area contributed by atoms with Gasteiger partial charge in [-0.2, -0.15) is 0 Å². The Hall–Kier alpha value is -1.06. The van der Waals surface area contributed by atoms with Gasteiger partial charge in [0.05, 0.1) is 5.41 Å². The summed E-state index contributed by atoms with van der Waals surface area (Å²) in [5, 5.41) is 12.7. The molecule has 0 radical (unpaired) electrons. The predicted molar refractivity (Wildman–Crippen MR) is 85.5 cm³/mol. The van der Waals surface area contributed by atoms with Crippen molar-refractivity contribution < 1.29 is 9.90 Å². The molecule has 1 saturated carbocycles. The van der Waals surface area contributed by atoms with Crippen molar-refractivity contribution in [2.75, 3.05) is 6.61 Å². The first-order valence-corrected chi connectivity index (χ1v) is 8.14. The quantitative estimate of drug-likeness (QED) is 0.846. The zero-order valence-electron chi connectivity index (χ0n) is 12.6. The van der Waals surface area contributed by atoms with Crippen LogP contribution in [-0.4, -0.2) is 23.7 Å². The van der Waals surface area contributed by atoms with Crippen LogP contribution in [0.5, 0.6) is 0 Å². The second kappa shape index (κ2) is 7.28. The molecule has 116 valence electrons. The minimum atomic E-state index is -0.432. The SMILES string of the molecule is CC(CCCO)NC(=O)C1(c2cccc(Cl)c2)CCCC1. The molecule has 0 aliphatic heterocycles. The topological polar surface area (TPSA) is 49.3 Å². The Morgan fingerprint density at radius 2 is 2.14 bits per heavy atom. The molecule has 0 spiro atoms. The van der Waals surface area contributed by atoms with Gasteiger partial charge in [0.15, 0.2) is 0 Å². The Morgan fingerprint density at radius 3 is 2.76 bits per heavy atom. The molecule has 0 saturated heterocycles. The summed E-state index contributed by atoms with van der Waals surface area (Å²) in [6.07, 6.45) is 5.42. The van der Waals surface area contributed by atoms with E-state index in [1.54, 1.807) is 0 Å². The van der Waals surface area contributed by atoms with Gasteiger partial charge in [-0.25, -0.2) is 0 Å². The molecule has 3 nitrogen and oxygen atoms in total. The molecule has 1 amide bonds. The van der Waals surface area contributed by atoms with E-state index >= 15 is 0 Å². The summed E-state index contributed by atoms with van der Waals surface area (Å²) < 4.78 is 0. The van der Waals surface area contributed by atoms with E-state index < -0.39 is 5.41 Å². The number of carbonyl (C=O) groups is 1. The molecular formula is C17H24ClNO2. The fourth-order valence-corrected chi connectivity index (χ4v) is 3.43. The van der Waals surface area contributed by atoms with E-state index in [9.17, 15) is 4.79 Å². The van der Waals surface area contributed by atoms with Crippen molar-refractivity contribution in [3.05, 3.63) is 34.9 Å². The van der Waals surface area contributed by atoms with Crippen LogP contribution >= 0.6 is 11.6 Å². The third kappa shape index (κ3) is 3.78. The van der Waals surface area contributed by atoms with Gasteiger partial charge in [-0.15, -0.1) is 0 Å². The van der Waals surface area contributed by atoms with Crippen molar-refractivity contribution in [3.63, 3.8) is 0 Å². The van der Waals surface area contributed by atoms with Crippen LogP contribution in [0, 0.1) is 0 Å². The number of hydrogen-bond donors (Lipinski definition) is 2. The second-order valence-corrected chi connectivity index (χ2v) is 6.48. The number of nitrogens with one attached hydrogen (secondary N) is 1. The van der Waals surface area contributed by atoms with E-state index in [2.05, 4.69) is 5.32 Å². The molecule has 2 N–H and O–H groups in total. The van der Waals surface area contributed by atoms with Crippen LogP contribution < -0.4 is 5.32 Å². The van der Waals surface area contributed by atoms with Gasteiger partial charge in [-0.3, -0.25) is 4.79 Å². The third-order valence-corrected chi connectivity index (χ3v) is 4.68. The van der Waals surface area contributed by atoms with Crippen molar-refractivity contribution >= 4 is 17.5 Å². The van der Waals surface area contributed by atoms with Crippen molar-refractivity contribution in [3.8, 4) is 0 Å². The molecular weight excluding hydrogens is 286 g/mol. The molecule has 1 aliphatic carbocycles. The zero-order valence-corrected chi connectivity index (χ0v) is 13.3. The maximum absolute atomic E-state index is 12.8. The number of rotatable bonds is 6. The standard InChI is InChI=1S/C17H24ClNO2/c1-13(6-5-11-20)19-16(21)17(9-2-3-10-17)14-7-4-8-15(18)12-14/h4,7-8,12-13,20H,2-3,5-6,9-11H2,1H3,(H,19,21). The zero-order chi connectivity index (χ0) is 15.3. The monoisotopic (exact) mass is 309 g/mol. The molecule has 0 heterocycles. The highest BCUT2D eigenvalue weighted by molar-refractivity contribution is 6.30. The first-order valence-electron chi connectivity index (χ1n) is 7.76. The normalized spacial score (nSPS) is 18.4. The summed E-state index contributed by atoms with van der Waals surface area (Å²) in [7, 11) is 0. The first-order chi connectivity index (χ1) is 10.1. The molecule has 1 aromatic rings.